The number of nitriles is 1. The molecule has 0 aliphatic carbocycles. The van der Waals surface area contributed by atoms with Gasteiger partial charge in [0.1, 0.15) is 17.4 Å². The summed E-state index contributed by atoms with van der Waals surface area (Å²) in [5.41, 5.74) is 0.527. The first-order valence-electron chi connectivity index (χ1n) is 9.61. The summed E-state index contributed by atoms with van der Waals surface area (Å²) in [5, 5.41) is 8.97. The van der Waals surface area contributed by atoms with E-state index in [-0.39, 0.29) is 37.5 Å². The summed E-state index contributed by atoms with van der Waals surface area (Å²) in [6.07, 6.45) is 0.0334. The van der Waals surface area contributed by atoms with Gasteiger partial charge >= 0.3 is 0 Å². The van der Waals surface area contributed by atoms with Crippen LogP contribution in [0, 0.1) is 28.9 Å². The number of anilines is 2. The second-order valence-electron chi connectivity index (χ2n) is 6.83. The van der Waals surface area contributed by atoms with Crippen molar-refractivity contribution in [3.63, 3.8) is 0 Å². The molecule has 2 aromatic carbocycles. The minimum absolute atomic E-state index is 0.0136. The van der Waals surface area contributed by atoms with Crippen molar-refractivity contribution >= 4 is 23.2 Å². The summed E-state index contributed by atoms with van der Waals surface area (Å²) in [4.78, 5) is 28.2. The van der Waals surface area contributed by atoms with Crippen LogP contribution in [-0.4, -0.2) is 31.5 Å². The Balaban J connectivity index is 1.81. The summed E-state index contributed by atoms with van der Waals surface area (Å²) in [6.45, 7) is 2.53. The number of hydrogen-bond acceptors (Lipinski definition) is 4. The Morgan fingerprint density at radius 2 is 2.00 bits per heavy atom. The predicted molar refractivity (Wildman–Crippen MR) is 107 cm³/mol. The molecule has 1 aliphatic rings. The van der Waals surface area contributed by atoms with Crippen LogP contribution in [0.1, 0.15) is 19.8 Å². The van der Waals surface area contributed by atoms with Crippen LogP contribution in [0.2, 0.25) is 0 Å². The van der Waals surface area contributed by atoms with Crippen LogP contribution in [0.5, 0.6) is 5.75 Å². The topological polar surface area (TPSA) is 73.6 Å². The van der Waals surface area contributed by atoms with Crippen LogP contribution in [0.25, 0.3) is 0 Å². The quantitative estimate of drug-likeness (QED) is 0.694. The van der Waals surface area contributed by atoms with Crippen LogP contribution in [0.4, 0.5) is 20.2 Å². The number of halogens is 2. The number of carbonyl (C=O) groups excluding carboxylic acids is 2. The summed E-state index contributed by atoms with van der Waals surface area (Å²) in [7, 11) is 0. The third-order valence-electron chi connectivity index (χ3n) is 4.85. The number of hydrogen-bond donors (Lipinski definition) is 0. The Kier molecular flexibility index (Phi) is 6.62. The number of benzene rings is 2. The second-order valence-corrected chi connectivity index (χ2v) is 6.83. The van der Waals surface area contributed by atoms with E-state index < -0.39 is 23.5 Å². The SMILES string of the molecule is CCOc1ccc(N(CCC#N)C(=O)C2CC(=O)N(c3ccc(F)cc3F)C2)cc1. The molecule has 1 unspecified atom stereocenters. The number of rotatable bonds is 7. The van der Waals surface area contributed by atoms with Gasteiger partial charge in [0.05, 0.1) is 30.7 Å². The summed E-state index contributed by atoms with van der Waals surface area (Å²) < 4.78 is 32.7. The second kappa shape index (κ2) is 9.35. The molecule has 1 aliphatic heterocycles. The first kappa shape index (κ1) is 21.2. The largest absolute Gasteiger partial charge is 0.494 e. The third-order valence-corrected chi connectivity index (χ3v) is 4.85. The van der Waals surface area contributed by atoms with E-state index in [1.807, 2.05) is 13.0 Å². The normalized spacial score (nSPS) is 15.7. The van der Waals surface area contributed by atoms with E-state index in [0.29, 0.717) is 24.1 Å². The van der Waals surface area contributed by atoms with Crippen molar-refractivity contribution in [1.29, 1.82) is 5.26 Å². The molecule has 156 valence electrons. The van der Waals surface area contributed by atoms with Crippen molar-refractivity contribution < 1.29 is 23.1 Å². The van der Waals surface area contributed by atoms with Crippen LogP contribution in [0.3, 0.4) is 0 Å². The van der Waals surface area contributed by atoms with E-state index >= 15 is 0 Å². The zero-order valence-corrected chi connectivity index (χ0v) is 16.5. The number of ether oxygens (including phenoxy) is 1. The molecular weight excluding hydrogens is 392 g/mol. The van der Waals surface area contributed by atoms with E-state index in [2.05, 4.69) is 0 Å². The van der Waals surface area contributed by atoms with Gasteiger partial charge < -0.3 is 14.5 Å². The van der Waals surface area contributed by atoms with Crippen LogP contribution < -0.4 is 14.5 Å². The zero-order chi connectivity index (χ0) is 21.7. The highest BCUT2D eigenvalue weighted by Crippen LogP contribution is 2.30. The zero-order valence-electron chi connectivity index (χ0n) is 16.5. The molecule has 0 saturated carbocycles. The van der Waals surface area contributed by atoms with Crippen LogP contribution in [-0.2, 0) is 9.59 Å². The van der Waals surface area contributed by atoms with Crippen molar-refractivity contribution in [2.75, 3.05) is 29.5 Å². The summed E-state index contributed by atoms with van der Waals surface area (Å²) >= 11 is 0. The van der Waals surface area contributed by atoms with E-state index in [1.165, 1.54) is 11.0 Å². The van der Waals surface area contributed by atoms with E-state index in [9.17, 15) is 18.4 Å². The standard InChI is InChI=1S/C22H21F2N3O3/c1-2-30-18-7-5-17(6-8-18)26(11-3-10-25)22(29)15-12-21(28)27(14-15)20-9-4-16(23)13-19(20)24/h4-9,13,15H,2-3,11-12,14H2,1H3. The minimum atomic E-state index is -0.857. The Labute approximate surface area is 173 Å². The van der Waals surface area contributed by atoms with Crippen molar-refractivity contribution in [2.45, 2.75) is 19.8 Å². The molecule has 1 atom stereocenters. The Bertz CT molecular complexity index is 973. The molecular formula is C22H21F2N3O3. The van der Waals surface area contributed by atoms with Crippen molar-refractivity contribution in [1.82, 2.24) is 0 Å². The summed E-state index contributed by atoms with van der Waals surface area (Å²) in [6, 6.07) is 11.9. The molecule has 1 saturated heterocycles. The van der Waals surface area contributed by atoms with Gasteiger partial charge in [-0.25, -0.2) is 8.78 Å². The van der Waals surface area contributed by atoms with Gasteiger partial charge in [0, 0.05) is 31.3 Å². The number of amides is 2. The first-order valence-corrected chi connectivity index (χ1v) is 9.61. The summed E-state index contributed by atoms with van der Waals surface area (Å²) in [5.74, 6) is -2.38. The lowest BCUT2D eigenvalue weighted by Gasteiger charge is -2.25. The molecule has 0 spiro atoms. The van der Waals surface area contributed by atoms with E-state index in [4.69, 9.17) is 10.00 Å². The molecule has 0 aromatic heterocycles. The average molecular weight is 413 g/mol. The lowest BCUT2D eigenvalue weighted by molar-refractivity contribution is -0.124. The minimum Gasteiger partial charge on any atom is -0.494 e. The van der Waals surface area contributed by atoms with E-state index in [0.717, 1.165) is 11.0 Å². The lowest BCUT2D eigenvalue weighted by atomic mass is 10.1. The van der Waals surface area contributed by atoms with Gasteiger partial charge in [-0.05, 0) is 43.3 Å². The monoisotopic (exact) mass is 413 g/mol. The van der Waals surface area contributed by atoms with Crippen molar-refractivity contribution in [2.24, 2.45) is 5.92 Å². The van der Waals surface area contributed by atoms with Gasteiger partial charge in [0.15, 0.2) is 0 Å². The van der Waals surface area contributed by atoms with Crippen molar-refractivity contribution in [3.05, 3.63) is 54.1 Å². The van der Waals surface area contributed by atoms with Gasteiger partial charge in [0.25, 0.3) is 0 Å². The highest BCUT2D eigenvalue weighted by molar-refractivity contribution is 6.04. The maximum absolute atomic E-state index is 14.1. The average Bonchev–Trinajstić information content (AvgIpc) is 3.11. The molecule has 8 heteroatoms. The molecule has 0 N–H and O–H groups in total. The maximum atomic E-state index is 14.1. The van der Waals surface area contributed by atoms with Gasteiger partial charge in [0.2, 0.25) is 11.8 Å². The molecule has 0 radical (unpaired) electrons. The fraction of sp³-hybridized carbons (Fsp3) is 0.318. The molecule has 2 aromatic rings. The smallest absolute Gasteiger partial charge is 0.232 e. The highest BCUT2D eigenvalue weighted by Gasteiger charge is 2.38. The lowest BCUT2D eigenvalue weighted by Crippen LogP contribution is -2.38. The number of nitrogens with zero attached hydrogens (tertiary/aromatic N) is 3. The van der Waals surface area contributed by atoms with Gasteiger partial charge in [-0.15, -0.1) is 0 Å². The first-order chi connectivity index (χ1) is 14.4. The third kappa shape index (κ3) is 4.57. The predicted octanol–water partition coefficient (Wildman–Crippen LogP) is 3.66. The fourth-order valence-corrected chi connectivity index (χ4v) is 3.44. The van der Waals surface area contributed by atoms with Crippen molar-refractivity contribution in [3.8, 4) is 11.8 Å². The molecule has 3 rings (SSSR count). The molecule has 1 fully saturated rings. The fourth-order valence-electron chi connectivity index (χ4n) is 3.44. The molecule has 2 amide bonds. The Morgan fingerprint density at radius 3 is 2.63 bits per heavy atom. The van der Waals surface area contributed by atoms with Gasteiger partial charge in [-0.1, -0.05) is 0 Å². The molecule has 30 heavy (non-hydrogen) atoms. The van der Waals surface area contributed by atoms with Gasteiger partial charge in [-0.2, -0.15) is 5.26 Å². The van der Waals surface area contributed by atoms with Crippen LogP contribution in [0.15, 0.2) is 42.5 Å². The molecule has 1 heterocycles. The molecule has 0 bridgehead atoms. The van der Waals surface area contributed by atoms with E-state index in [1.54, 1.807) is 24.3 Å². The number of carbonyl (C=O) groups is 2. The maximum Gasteiger partial charge on any atom is 0.232 e. The highest BCUT2D eigenvalue weighted by atomic mass is 19.1. The van der Waals surface area contributed by atoms with Crippen LogP contribution >= 0.6 is 0 Å². The van der Waals surface area contributed by atoms with Gasteiger partial charge in [-0.3, -0.25) is 9.59 Å². The molecule has 6 nitrogen and oxygen atoms in total. The Morgan fingerprint density at radius 1 is 1.27 bits per heavy atom. The Hall–Kier alpha value is -3.47.